The van der Waals surface area contributed by atoms with Gasteiger partial charge in [-0.2, -0.15) is 0 Å². The number of carboxylic acid groups (broad SMARTS) is 2. The fourth-order valence-electron chi connectivity index (χ4n) is 4.52. The number of carboxylic acids is 2. The monoisotopic (exact) mass is 476 g/mol. The summed E-state index contributed by atoms with van der Waals surface area (Å²) < 4.78 is 6.13. The van der Waals surface area contributed by atoms with Crippen molar-refractivity contribution in [2.75, 3.05) is 6.61 Å². The number of benzene rings is 1. The van der Waals surface area contributed by atoms with Crippen LogP contribution in [-0.4, -0.2) is 28.8 Å². The van der Waals surface area contributed by atoms with Crippen molar-refractivity contribution in [3.05, 3.63) is 29.3 Å². The number of rotatable bonds is 19. The molecule has 2 unspecified atom stereocenters. The van der Waals surface area contributed by atoms with E-state index in [-0.39, 0.29) is 0 Å². The number of hydrogen-bond acceptors (Lipinski definition) is 3. The SMILES string of the molecule is CCCCCCCOc1cccc(C(CCCC(C)C)C(=O)O)c1C(CCCC(C)C)C(=O)O. The fourth-order valence-corrected chi connectivity index (χ4v) is 4.52. The topological polar surface area (TPSA) is 83.8 Å². The van der Waals surface area contributed by atoms with Crippen molar-refractivity contribution < 1.29 is 24.5 Å². The third kappa shape index (κ3) is 10.9. The lowest BCUT2D eigenvalue weighted by molar-refractivity contribution is -0.140. The van der Waals surface area contributed by atoms with Gasteiger partial charge in [0.15, 0.2) is 0 Å². The minimum atomic E-state index is -0.907. The Bertz CT molecular complexity index is 725. The third-order valence-corrected chi connectivity index (χ3v) is 6.47. The lowest BCUT2D eigenvalue weighted by atomic mass is 9.81. The maximum absolute atomic E-state index is 12.4. The first kappa shape index (κ1) is 30.0. The molecule has 0 heterocycles. The molecule has 0 amide bonds. The van der Waals surface area contributed by atoms with Gasteiger partial charge < -0.3 is 14.9 Å². The van der Waals surface area contributed by atoms with Gasteiger partial charge in [0.05, 0.1) is 18.4 Å². The maximum atomic E-state index is 12.4. The smallest absolute Gasteiger partial charge is 0.311 e. The van der Waals surface area contributed by atoms with Gasteiger partial charge in [-0.25, -0.2) is 0 Å². The molecule has 194 valence electrons. The molecular weight excluding hydrogens is 428 g/mol. The number of ether oxygens (including phenoxy) is 1. The minimum Gasteiger partial charge on any atom is -0.493 e. The van der Waals surface area contributed by atoms with Crippen molar-refractivity contribution in [3.8, 4) is 5.75 Å². The minimum absolute atomic E-state index is 0.482. The highest BCUT2D eigenvalue weighted by atomic mass is 16.5. The Kier molecular flexibility index (Phi) is 14.6. The van der Waals surface area contributed by atoms with Crippen molar-refractivity contribution in [1.82, 2.24) is 0 Å². The van der Waals surface area contributed by atoms with E-state index in [4.69, 9.17) is 4.74 Å². The van der Waals surface area contributed by atoms with Gasteiger partial charge in [0, 0.05) is 5.56 Å². The predicted octanol–water partition coefficient (Wildman–Crippen LogP) is 8.02. The first-order chi connectivity index (χ1) is 16.2. The lowest BCUT2D eigenvalue weighted by Crippen LogP contribution is -2.20. The molecule has 1 aromatic carbocycles. The van der Waals surface area contributed by atoms with E-state index in [0.717, 1.165) is 44.9 Å². The molecule has 0 aromatic heterocycles. The van der Waals surface area contributed by atoms with Gasteiger partial charge in [0.2, 0.25) is 0 Å². The third-order valence-electron chi connectivity index (χ3n) is 6.47. The Morgan fingerprint density at radius 3 is 1.85 bits per heavy atom. The van der Waals surface area contributed by atoms with Gasteiger partial charge in [-0.15, -0.1) is 0 Å². The molecule has 34 heavy (non-hydrogen) atoms. The second-order valence-corrected chi connectivity index (χ2v) is 10.5. The molecule has 1 aromatic rings. The van der Waals surface area contributed by atoms with Gasteiger partial charge in [0.25, 0.3) is 0 Å². The van der Waals surface area contributed by atoms with Gasteiger partial charge >= 0.3 is 11.9 Å². The first-order valence-corrected chi connectivity index (χ1v) is 13.4. The molecule has 0 saturated heterocycles. The molecule has 2 atom stereocenters. The molecular formula is C29H48O5. The Balaban J connectivity index is 3.27. The van der Waals surface area contributed by atoms with Crippen molar-refractivity contribution in [2.24, 2.45) is 11.8 Å². The van der Waals surface area contributed by atoms with E-state index in [2.05, 4.69) is 34.6 Å². The van der Waals surface area contributed by atoms with Crippen LogP contribution in [0.3, 0.4) is 0 Å². The first-order valence-electron chi connectivity index (χ1n) is 13.4. The second kappa shape index (κ2) is 16.6. The predicted molar refractivity (Wildman–Crippen MR) is 139 cm³/mol. The molecule has 5 heteroatoms. The average Bonchev–Trinajstić information content (AvgIpc) is 2.76. The van der Waals surface area contributed by atoms with Crippen LogP contribution in [0.1, 0.15) is 128 Å². The van der Waals surface area contributed by atoms with Gasteiger partial charge in [-0.05, 0) is 42.7 Å². The average molecular weight is 477 g/mol. The largest absolute Gasteiger partial charge is 0.493 e. The summed E-state index contributed by atoms with van der Waals surface area (Å²) in [5, 5.41) is 20.3. The zero-order chi connectivity index (χ0) is 25.5. The second-order valence-electron chi connectivity index (χ2n) is 10.5. The number of unbranched alkanes of at least 4 members (excludes halogenated alkanes) is 4. The zero-order valence-corrected chi connectivity index (χ0v) is 22.1. The summed E-state index contributed by atoms with van der Waals surface area (Å²) >= 11 is 0. The van der Waals surface area contributed by atoms with Crippen LogP contribution in [0.5, 0.6) is 5.75 Å². The molecule has 0 bridgehead atoms. The molecule has 2 N–H and O–H groups in total. The molecule has 0 radical (unpaired) electrons. The molecule has 0 saturated carbocycles. The highest BCUT2D eigenvalue weighted by molar-refractivity contribution is 5.82. The van der Waals surface area contributed by atoms with E-state index < -0.39 is 23.8 Å². The summed E-state index contributed by atoms with van der Waals surface area (Å²) in [6.07, 6.45) is 9.97. The van der Waals surface area contributed by atoms with E-state index in [0.29, 0.717) is 48.2 Å². The molecule has 0 aliphatic heterocycles. The molecule has 5 nitrogen and oxygen atoms in total. The van der Waals surface area contributed by atoms with E-state index in [1.807, 2.05) is 12.1 Å². The van der Waals surface area contributed by atoms with Crippen LogP contribution in [0.25, 0.3) is 0 Å². The van der Waals surface area contributed by atoms with Gasteiger partial charge in [-0.3, -0.25) is 9.59 Å². The number of aliphatic carboxylic acids is 2. The highest BCUT2D eigenvalue weighted by Crippen LogP contribution is 2.39. The summed E-state index contributed by atoms with van der Waals surface area (Å²) in [7, 11) is 0. The normalized spacial score (nSPS) is 13.3. The fraction of sp³-hybridized carbons (Fsp3) is 0.724. The summed E-state index contributed by atoms with van der Waals surface area (Å²) in [5.41, 5.74) is 1.18. The number of carbonyl (C=O) groups is 2. The molecule has 0 fully saturated rings. The summed E-state index contributed by atoms with van der Waals surface area (Å²) in [4.78, 5) is 24.7. The van der Waals surface area contributed by atoms with Crippen LogP contribution in [0.4, 0.5) is 0 Å². The van der Waals surface area contributed by atoms with Crippen LogP contribution >= 0.6 is 0 Å². The lowest BCUT2D eigenvalue weighted by Gasteiger charge is -2.24. The summed E-state index contributed by atoms with van der Waals surface area (Å²) in [6, 6.07) is 5.43. The highest BCUT2D eigenvalue weighted by Gasteiger charge is 2.31. The number of hydrogen-bond donors (Lipinski definition) is 2. The maximum Gasteiger partial charge on any atom is 0.311 e. The van der Waals surface area contributed by atoms with Gasteiger partial charge in [0.1, 0.15) is 5.75 Å². The van der Waals surface area contributed by atoms with Crippen molar-refractivity contribution in [3.63, 3.8) is 0 Å². The van der Waals surface area contributed by atoms with Crippen LogP contribution in [0.15, 0.2) is 18.2 Å². The molecule has 1 rings (SSSR count). The quantitative estimate of drug-likeness (QED) is 0.197. The summed E-state index contributed by atoms with van der Waals surface area (Å²) in [5.74, 6) is -1.76. The van der Waals surface area contributed by atoms with Crippen LogP contribution in [-0.2, 0) is 9.59 Å². The Labute approximate surface area is 207 Å². The zero-order valence-electron chi connectivity index (χ0n) is 22.1. The molecule has 0 aliphatic rings. The van der Waals surface area contributed by atoms with E-state index >= 15 is 0 Å². The Morgan fingerprint density at radius 1 is 0.765 bits per heavy atom. The summed E-state index contributed by atoms with van der Waals surface area (Å²) in [6.45, 7) is 11.2. The Hall–Kier alpha value is -2.04. The van der Waals surface area contributed by atoms with E-state index in [9.17, 15) is 19.8 Å². The van der Waals surface area contributed by atoms with E-state index in [1.165, 1.54) is 12.8 Å². The van der Waals surface area contributed by atoms with Crippen molar-refractivity contribution >= 4 is 11.9 Å². The van der Waals surface area contributed by atoms with Crippen LogP contribution in [0.2, 0.25) is 0 Å². The van der Waals surface area contributed by atoms with Gasteiger partial charge in [-0.1, -0.05) is 98.1 Å². The van der Waals surface area contributed by atoms with Crippen LogP contribution < -0.4 is 4.74 Å². The van der Waals surface area contributed by atoms with Crippen LogP contribution in [0, 0.1) is 11.8 Å². The molecule has 0 aliphatic carbocycles. The van der Waals surface area contributed by atoms with E-state index in [1.54, 1.807) is 6.07 Å². The standard InChI is InChI=1S/C29H48O5/c1-6-7-8-9-10-20-34-26-19-13-16-23(24(28(30)31)17-11-14-21(2)3)27(26)25(29(32)33)18-12-15-22(4)5/h13,16,19,21-22,24-25H,6-12,14-15,17-18,20H2,1-5H3,(H,30,31)(H,32,33). The van der Waals surface area contributed by atoms with Crippen molar-refractivity contribution in [2.45, 2.75) is 117 Å². The molecule has 0 spiro atoms. The Morgan fingerprint density at radius 2 is 1.32 bits per heavy atom. The van der Waals surface area contributed by atoms with Crippen molar-refractivity contribution in [1.29, 1.82) is 0 Å².